The van der Waals surface area contributed by atoms with Crippen molar-refractivity contribution in [1.82, 2.24) is 0 Å². The van der Waals surface area contributed by atoms with Crippen LogP contribution >= 0.6 is 11.8 Å². The molecule has 0 radical (unpaired) electrons. The number of thiocyanates is 1. The van der Waals surface area contributed by atoms with E-state index in [0.29, 0.717) is 11.5 Å². The van der Waals surface area contributed by atoms with Crippen molar-refractivity contribution in [3.8, 4) is 16.9 Å². The lowest BCUT2D eigenvalue weighted by atomic mass is 10.1. The lowest BCUT2D eigenvalue weighted by Gasteiger charge is -2.13. The molecule has 0 spiro atoms. The highest BCUT2D eigenvalue weighted by molar-refractivity contribution is 8.04. The summed E-state index contributed by atoms with van der Waals surface area (Å²) in [6, 6.07) is 3.52. The average Bonchev–Trinajstić information content (AvgIpc) is 2.14. The molecule has 80 valence electrons. The third-order valence-electron chi connectivity index (χ3n) is 1.99. The number of ether oxygens (including phenoxy) is 1. The predicted octanol–water partition coefficient (Wildman–Crippen LogP) is 2.95. The number of thioether (sulfide) groups is 1. The lowest BCUT2D eigenvalue weighted by molar-refractivity contribution is 0.307. The van der Waals surface area contributed by atoms with Crippen molar-refractivity contribution in [3.05, 3.63) is 23.3 Å². The van der Waals surface area contributed by atoms with Crippen LogP contribution < -0.4 is 4.74 Å². The molecule has 0 aliphatic rings. The van der Waals surface area contributed by atoms with Gasteiger partial charge in [0.05, 0.1) is 0 Å². The molecule has 0 aromatic heterocycles. The van der Waals surface area contributed by atoms with E-state index in [2.05, 4.69) is 0 Å². The van der Waals surface area contributed by atoms with Gasteiger partial charge in [-0.1, -0.05) is 0 Å². The number of aromatic hydroxyl groups is 1. The van der Waals surface area contributed by atoms with Crippen molar-refractivity contribution in [1.29, 1.82) is 5.26 Å². The van der Waals surface area contributed by atoms with Crippen LogP contribution in [0.4, 0.5) is 0 Å². The van der Waals surface area contributed by atoms with Crippen molar-refractivity contribution < 1.29 is 9.84 Å². The van der Waals surface area contributed by atoms with E-state index in [1.165, 1.54) is 0 Å². The third kappa shape index (κ3) is 3.07. The number of phenols is 1. The minimum atomic E-state index is -0.210. The number of hydrogen-bond donors (Lipinski definition) is 1. The van der Waals surface area contributed by atoms with Gasteiger partial charge in [0, 0.05) is 0 Å². The molecule has 0 fully saturated rings. The van der Waals surface area contributed by atoms with Gasteiger partial charge in [-0.15, -0.1) is 0 Å². The summed E-state index contributed by atoms with van der Waals surface area (Å²) in [6.07, 6.45) is 0. The highest BCUT2D eigenvalue weighted by Gasteiger charge is 2.07. The standard InChI is InChI=1S/C11H13NO2S/c1-7-4-10(5-8(2)11(7)13)14-9(3)15-6-12/h4-5,9,13H,1-3H3. The summed E-state index contributed by atoms with van der Waals surface area (Å²) in [7, 11) is 0. The Hall–Kier alpha value is -1.34. The summed E-state index contributed by atoms with van der Waals surface area (Å²) >= 11 is 1.06. The number of nitriles is 1. The lowest BCUT2D eigenvalue weighted by Crippen LogP contribution is -2.05. The molecule has 1 rings (SSSR count). The molecule has 1 aromatic carbocycles. The van der Waals surface area contributed by atoms with E-state index < -0.39 is 0 Å². The highest BCUT2D eigenvalue weighted by Crippen LogP contribution is 2.28. The monoisotopic (exact) mass is 223 g/mol. The first-order chi connectivity index (χ1) is 7.04. The molecule has 1 N–H and O–H groups in total. The fourth-order valence-corrected chi connectivity index (χ4v) is 1.58. The molecule has 0 saturated carbocycles. The van der Waals surface area contributed by atoms with Gasteiger partial charge < -0.3 is 9.84 Å². The van der Waals surface area contributed by atoms with Gasteiger partial charge in [-0.3, -0.25) is 0 Å². The first-order valence-electron chi connectivity index (χ1n) is 4.56. The molecule has 0 bridgehead atoms. The van der Waals surface area contributed by atoms with Crippen LogP contribution in [0.25, 0.3) is 0 Å². The molecular formula is C11H13NO2S. The van der Waals surface area contributed by atoms with Crippen LogP contribution in [0, 0.1) is 24.5 Å². The predicted molar refractivity (Wildman–Crippen MR) is 60.9 cm³/mol. The molecular weight excluding hydrogens is 210 g/mol. The van der Waals surface area contributed by atoms with E-state index in [1.807, 2.05) is 26.2 Å². The average molecular weight is 223 g/mol. The summed E-state index contributed by atoms with van der Waals surface area (Å²) < 4.78 is 5.50. The summed E-state index contributed by atoms with van der Waals surface area (Å²) in [5.41, 5.74) is 1.34. The largest absolute Gasteiger partial charge is 0.507 e. The Bertz CT molecular complexity index is 375. The van der Waals surface area contributed by atoms with Crippen LogP contribution in [-0.4, -0.2) is 10.5 Å². The number of aryl methyl sites for hydroxylation is 2. The number of nitrogens with zero attached hydrogens (tertiary/aromatic N) is 1. The molecule has 0 heterocycles. The van der Waals surface area contributed by atoms with E-state index in [0.717, 1.165) is 22.9 Å². The Morgan fingerprint density at radius 1 is 1.40 bits per heavy atom. The molecule has 3 nitrogen and oxygen atoms in total. The van der Waals surface area contributed by atoms with E-state index in [9.17, 15) is 5.11 Å². The van der Waals surface area contributed by atoms with Gasteiger partial charge in [-0.05, 0) is 55.8 Å². The molecule has 1 aromatic rings. The van der Waals surface area contributed by atoms with E-state index in [1.54, 1.807) is 12.1 Å². The third-order valence-corrected chi connectivity index (χ3v) is 2.52. The number of rotatable bonds is 3. The summed E-state index contributed by atoms with van der Waals surface area (Å²) in [5, 5.41) is 20.0. The second kappa shape index (κ2) is 4.94. The Labute approximate surface area is 93.7 Å². The SMILES string of the molecule is Cc1cc(OC(C)SC#N)cc(C)c1O. The second-order valence-corrected chi connectivity index (χ2v) is 4.38. The maximum Gasteiger partial charge on any atom is 0.155 e. The van der Waals surface area contributed by atoms with Crippen LogP contribution in [0.3, 0.4) is 0 Å². The van der Waals surface area contributed by atoms with E-state index in [-0.39, 0.29) is 5.44 Å². The minimum absolute atomic E-state index is 0.210. The van der Waals surface area contributed by atoms with E-state index in [4.69, 9.17) is 10.00 Å². The number of hydrogen-bond acceptors (Lipinski definition) is 4. The summed E-state index contributed by atoms with van der Waals surface area (Å²) in [4.78, 5) is 0. The quantitative estimate of drug-likeness (QED) is 0.632. The Morgan fingerprint density at radius 2 is 1.93 bits per heavy atom. The first kappa shape index (κ1) is 11.7. The van der Waals surface area contributed by atoms with Crippen molar-refractivity contribution >= 4 is 11.8 Å². The maximum atomic E-state index is 9.56. The molecule has 0 aliphatic carbocycles. The zero-order valence-electron chi connectivity index (χ0n) is 8.94. The normalized spacial score (nSPS) is 11.9. The van der Waals surface area contributed by atoms with Crippen LogP contribution in [0.1, 0.15) is 18.1 Å². The van der Waals surface area contributed by atoms with Crippen LogP contribution in [0.15, 0.2) is 12.1 Å². The molecule has 0 amide bonds. The van der Waals surface area contributed by atoms with Crippen molar-refractivity contribution in [2.24, 2.45) is 0 Å². The molecule has 0 aliphatic heterocycles. The highest BCUT2D eigenvalue weighted by atomic mass is 32.2. The smallest absolute Gasteiger partial charge is 0.155 e. The van der Waals surface area contributed by atoms with Crippen molar-refractivity contribution in [2.75, 3.05) is 0 Å². The Kier molecular flexibility index (Phi) is 3.87. The number of benzene rings is 1. The van der Waals surface area contributed by atoms with Gasteiger partial charge in [0.1, 0.15) is 16.9 Å². The summed E-state index contributed by atoms with van der Waals surface area (Å²) in [6.45, 7) is 5.44. The van der Waals surface area contributed by atoms with Gasteiger partial charge >= 0.3 is 0 Å². The van der Waals surface area contributed by atoms with Crippen molar-refractivity contribution in [2.45, 2.75) is 26.2 Å². The Morgan fingerprint density at radius 3 is 2.40 bits per heavy atom. The second-order valence-electron chi connectivity index (χ2n) is 3.30. The van der Waals surface area contributed by atoms with Gasteiger partial charge in [0.15, 0.2) is 5.44 Å². The molecule has 1 unspecified atom stereocenters. The van der Waals surface area contributed by atoms with Gasteiger partial charge in [0.2, 0.25) is 0 Å². The summed E-state index contributed by atoms with van der Waals surface area (Å²) in [5.74, 6) is 0.973. The van der Waals surface area contributed by atoms with Crippen molar-refractivity contribution in [3.63, 3.8) is 0 Å². The number of phenolic OH excluding ortho intramolecular Hbond substituents is 1. The maximum absolute atomic E-state index is 9.56. The van der Waals surface area contributed by atoms with Gasteiger partial charge in [-0.25, -0.2) is 0 Å². The van der Waals surface area contributed by atoms with Crippen LogP contribution in [0.2, 0.25) is 0 Å². The molecule has 15 heavy (non-hydrogen) atoms. The fraction of sp³-hybridized carbons (Fsp3) is 0.364. The zero-order valence-corrected chi connectivity index (χ0v) is 9.76. The van der Waals surface area contributed by atoms with Crippen LogP contribution in [0.5, 0.6) is 11.5 Å². The molecule has 0 saturated heterocycles. The van der Waals surface area contributed by atoms with Gasteiger partial charge in [0.25, 0.3) is 0 Å². The fourth-order valence-electron chi connectivity index (χ4n) is 1.27. The molecule has 4 heteroatoms. The minimum Gasteiger partial charge on any atom is -0.507 e. The first-order valence-corrected chi connectivity index (χ1v) is 5.44. The zero-order chi connectivity index (χ0) is 11.4. The molecule has 1 atom stereocenters. The van der Waals surface area contributed by atoms with E-state index >= 15 is 0 Å². The topological polar surface area (TPSA) is 53.2 Å². The van der Waals surface area contributed by atoms with Gasteiger partial charge in [-0.2, -0.15) is 5.26 Å². The van der Waals surface area contributed by atoms with Crippen LogP contribution in [-0.2, 0) is 0 Å². The Balaban J connectivity index is 2.84.